The molecule has 3 rings (SSSR count). The van der Waals surface area contributed by atoms with Crippen LogP contribution in [0.2, 0.25) is 0 Å². The lowest BCUT2D eigenvalue weighted by Gasteiger charge is -2.30. The van der Waals surface area contributed by atoms with Gasteiger partial charge in [-0.3, -0.25) is 14.9 Å². The minimum absolute atomic E-state index is 0.00913. The van der Waals surface area contributed by atoms with Gasteiger partial charge < -0.3 is 10.1 Å². The van der Waals surface area contributed by atoms with Crippen LogP contribution >= 0.6 is 0 Å². The Morgan fingerprint density at radius 2 is 1.72 bits per heavy atom. The van der Waals surface area contributed by atoms with Crippen molar-refractivity contribution in [1.29, 1.82) is 0 Å². The fraction of sp³-hybridized carbons (Fsp3) is 0.211. The van der Waals surface area contributed by atoms with Crippen LogP contribution in [0.1, 0.15) is 15.9 Å². The Bertz CT molecular complexity index is 993. The molecule has 2 aromatic rings. The van der Waals surface area contributed by atoms with Gasteiger partial charge in [0.1, 0.15) is 5.75 Å². The van der Waals surface area contributed by atoms with E-state index in [1.165, 1.54) is 56.5 Å². The van der Waals surface area contributed by atoms with Crippen molar-refractivity contribution in [2.24, 2.45) is 0 Å². The Morgan fingerprint density at radius 3 is 2.34 bits per heavy atom. The molecule has 4 amide bonds. The van der Waals surface area contributed by atoms with Crippen molar-refractivity contribution in [3.63, 3.8) is 0 Å². The second-order valence-corrected chi connectivity index (χ2v) is 6.26. The van der Waals surface area contributed by atoms with Crippen molar-refractivity contribution in [3.05, 3.63) is 59.7 Å². The molecule has 1 fully saturated rings. The third kappa shape index (κ3) is 3.26. The SMILES string of the molecule is COc1ccccc1C(=O)N[C@@]1(C(F)(F)F)NC(=O)N(c2ccccc2C)C1=O. The van der Waals surface area contributed by atoms with Crippen molar-refractivity contribution < 1.29 is 32.3 Å². The third-order valence-corrected chi connectivity index (χ3v) is 4.46. The van der Waals surface area contributed by atoms with Crippen LogP contribution in [0, 0.1) is 6.92 Å². The number of halogens is 3. The number of benzene rings is 2. The van der Waals surface area contributed by atoms with E-state index in [4.69, 9.17) is 4.74 Å². The number of nitrogens with one attached hydrogen (secondary N) is 2. The topological polar surface area (TPSA) is 87.7 Å². The fourth-order valence-corrected chi connectivity index (χ4v) is 2.98. The Morgan fingerprint density at radius 1 is 1.10 bits per heavy atom. The second-order valence-electron chi connectivity index (χ2n) is 6.26. The summed E-state index contributed by atoms with van der Waals surface area (Å²) in [6.45, 7) is 1.54. The van der Waals surface area contributed by atoms with Gasteiger partial charge in [-0.05, 0) is 30.7 Å². The number of ether oxygens (including phenoxy) is 1. The number of aryl methyl sites for hydroxylation is 1. The monoisotopic (exact) mass is 407 g/mol. The maximum absolute atomic E-state index is 14.0. The Balaban J connectivity index is 2.05. The standard InChI is InChI=1S/C19H16F3N3O4/c1-11-7-3-5-9-13(11)25-16(27)18(19(20,21)22,24-17(25)28)23-15(26)12-8-4-6-10-14(12)29-2/h3-10H,1-2H3,(H,23,26)(H,24,28)/t18-/m1/s1. The highest BCUT2D eigenvalue weighted by Gasteiger charge is 2.69. The van der Waals surface area contributed by atoms with E-state index in [0.29, 0.717) is 10.5 Å². The Labute approximate surface area is 163 Å². The molecule has 0 aromatic heterocycles. The van der Waals surface area contributed by atoms with Gasteiger partial charge in [-0.25, -0.2) is 9.69 Å². The molecule has 0 radical (unpaired) electrons. The van der Waals surface area contributed by atoms with E-state index in [1.807, 2.05) is 0 Å². The molecule has 0 saturated carbocycles. The van der Waals surface area contributed by atoms with Crippen LogP contribution in [0.15, 0.2) is 48.5 Å². The van der Waals surface area contributed by atoms with Gasteiger partial charge in [0.15, 0.2) is 0 Å². The number of amides is 4. The van der Waals surface area contributed by atoms with Gasteiger partial charge in [-0.15, -0.1) is 0 Å². The maximum Gasteiger partial charge on any atom is 0.440 e. The van der Waals surface area contributed by atoms with E-state index in [-0.39, 0.29) is 17.0 Å². The van der Waals surface area contributed by atoms with Crippen molar-refractivity contribution in [3.8, 4) is 5.75 Å². The molecule has 0 aliphatic carbocycles. The molecular formula is C19H16F3N3O4. The zero-order valence-electron chi connectivity index (χ0n) is 15.3. The quantitative estimate of drug-likeness (QED) is 0.763. The molecule has 0 bridgehead atoms. The van der Waals surface area contributed by atoms with E-state index in [2.05, 4.69) is 0 Å². The Hall–Kier alpha value is -3.56. The third-order valence-electron chi connectivity index (χ3n) is 4.46. The number of anilines is 1. The molecule has 1 heterocycles. The molecule has 2 aromatic carbocycles. The molecule has 152 valence electrons. The van der Waals surface area contributed by atoms with Crippen LogP contribution in [0.5, 0.6) is 5.75 Å². The first-order valence-corrected chi connectivity index (χ1v) is 8.37. The zero-order valence-corrected chi connectivity index (χ0v) is 15.3. The van der Waals surface area contributed by atoms with E-state index in [0.717, 1.165) is 0 Å². The molecule has 29 heavy (non-hydrogen) atoms. The van der Waals surface area contributed by atoms with E-state index >= 15 is 0 Å². The number of methoxy groups -OCH3 is 1. The average Bonchev–Trinajstić information content (AvgIpc) is 2.93. The van der Waals surface area contributed by atoms with Gasteiger partial charge in [0.05, 0.1) is 18.4 Å². The van der Waals surface area contributed by atoms with E-state index < -0.39 is 29.7 Å². The number of urea groups is 1. The number of imide groups is 1. The minimum Gasteiger partial charge on any atom is -0.496 e. The maximum atomic E-state index is 14.0. The van der Waals surface area contributed by atoms with Gasteiger partial charge >= 0.3 is 12.2 Å². The molecule has 0 unspecified atom stereocenters. The number of carbonyl (C=O) groups excluding carboxylic acids is 3. The summed E-state index contributed by atoms with van der Waals surface area (Å²) in [4.78, 5) is 38.1. The molecule has 1 atom stereocenters. The first kappa shape index (κ1) is 20.2. The van der Waals surface area contributed by atoms with Crippen LogP contribution in [-0.4, -0.2) is 36.8 Å². The lowest BCUT2D eigenvalue weighted by Crippen LogP contribution is -2.69. The van der Waals surface area contributed by atoms with Crippen LogP contribution in [0.3, 0.4) is 0 Å². The van der Waals surface area contributed by atoms with E-state index in [1.54, 1.807) is 16.7 Å². The molecule has 10 heteroatoms. The highest BCUT2D eigenvalue weighted by molar-refractivity contribution is 6.25. The number of rotatable bonds is 4. The van der Waals surface area contributed by atoms with Crippen molar-refractivity contribution >= 4 is 23.5 Å². The summed E-state index contributed by atoms with van der Waals surface area (Å²) in [5.41, 5.74) is -3.46. The molecule has 0 spiro atoms. The fourth-order valence-electron chi connectivity index (χ4n) is 2.98. The Kier molecular flexibility index (Phi) is 4.95. The smallest absolute Gasteiger partial charge is 0.440 e. The first-order valence-electron chi connectivity index (χ1n) is 8.37. The summed E-state index contributed by atoms with van der Waals surface area (Å²) in [5.74, 6) is -2.89. The number of alkyl halides is 3. The molecule has 1 aliphatic heterocycles. The summed E-state index contributed by atoms with van der Waals surface area (Å²) < 4.78 is 46.9. The van der Waals surface area contributed by atoms with Crippen LogP contribution in [-0.2, 0) is 4.79 Å². The van der Waals surface area contributed by atoms with Crippen molar-refractivity contribution in [2.45, 2.75) is 18.8 Å². The summed E-state index contributed by atoms with van der Waals surface area (Å²) in [6.07, 6.45) is -5.31. The number of hydrogen-bond donors (Lipinski definition) is 2. The predicted octanol–water partition coefficient (Wildman–Crippen LogP) is 2.75. The molecule has 1 aliphatic rings. The molecule has 2 N–H and O–H groups in total. The van der Waals surface area contributed by atoms with Crippen LogP contribution in [0.25, 0.3) is 0 Å². The van der Waals surface area contributed by atoms with Crippen molar-refractivity contribution in [1.82, 2.24) is 10.6 Å². The summed E-state index contributed by atoms with van der Waals surface area (Å²) in [6, 6.07) is 10.2. The lowest BCUT2D eigenvalue weighted by molar-refractivity contribution is -0.197. The normalized spacial score (nSPS) is 19.1. The second kappa shape index (κ2) is 7.12. The highest BCUT2D eigenvalue weighted by Crippen LogP contribution is 2.37. The average molecular weight is 407 g/mol. The van der Waals surface area contributed by atoms with Gasteiger partial charge in [0.2, 0.25) is 0 Å². The minimum atomic E-state index is -5.31. The first-order chi connectivity index (χ1) is 13.6. The van der Waals surface area contributed by atoms with Gasteiger partial charge in [0.25, 0.3) is 17.5 Å². The van der Waals surface area contributed by atoms with Gasteiger partial charge in [-0.2, -0.15) is 13.2 Å². The molecular weight excluding hydrogens is 391 g/mol. The van der Waals surface area contributed by atoms with Crippen LogP contribution < -0.4 is 20.3 Å². The van der Waals surface area contributed by atoms with E-state index in [9.17, 15) is 27.6 Å². The predicted molar refractivity (Wildman–Crippen MR) is 96.4 cm³/mol. The summed E-state index contributed by atoms with van der Waals surface area (Å²) in [7, 11) is 1.24. The molecule has 1 saturated heterocycles. The van der Waals surface area contributed by atoms with Gasteiger partial charge in [-0.1, -0.05) is 30.3 Å². The van der Waals surface area contributed by atoms with Gasteiger partial charge in [0, 0.05) is 0 Å². The van der Waals surface area contributed by atoms with Crippen molar-refractivity contribution in [2.75, 3.05) is 12.0 Å². The molecule has 7 nitrogen and oxygen atoms in total. The number of hydrogen-bond acceptors (Lipinski definition) is 4. The number of nitrogens with zero attached hydrogens (tertiary/aromatic N) is 1. The summed E-state index contributed by atoms with van der Waals surface area (Å²) in [5, 5.41) is 3.27. The zero-order chi connectivity index (χ0) is 21.4. The highest BCUT2D eigenvalue weighted by atomic mass is 19.4. The number of carbonyl (C=O) groups is 3. The lowest BCUT2D eigenvalue weighted by atomic mass is 10.1. The number of para-hydroxylation sites is 2. The summed E-state index contributed by atoms with van der Waals surface area (Å²) >= 11 is 0. The largest absolute Gasteiger partial charge is 0.496 e. The van der Waals surface area contributed by atoms with Crippen LogP contribution in [0.4, 0.5) is 23.7 Å².